The molecule has 0 heterocycles. The SMILES string of the molecule is C[C@@H](N)[C@H](O)CCCCCCCCCCCCCCC(=O)CCCCCCC[C@@H](O)[C@@H](N)CO. The third kappa shape index (κ3) is 22.0. The van der Waals surface area contributed by atoms with Gasteiger partial charge in [-0.15, -0.1) is 0 Å². The Hall–Kier alpha value is -0.530. The molecule has 0 rings (SSSR count). The lowest BCUT2D eigenvalue weighted by molar-refractivity contribution is -0.119. The molecular weight excluding hydrogens is 428 g/mol. The van der Waals surface area contributed by atoms with Crippen molar-refractivity contribution in [2.75, 3.05) is 6.61 Å². The first kappa shape index (κ1) is 33.5. The molecule has 0 aliphatic heterocycles. The molecule has 0 amide bonds. The highest BCUT2D eigenvalue weighted by Crippen LogP contribution is 2.15. The van der Waals surface area contributed by atoms with E-state index < -0.39 is 12.1 Å². The van der Waals surface area contributed by atoms with Crippen LogP contribution < -0.4 is 11.5 Å². The fourth-order valence-electron chi connectivity index (χ4n) is 4.37. The Morgan fingerprint density at radius 3 is 1.26 bits per heavy atom. The van der Waals surface area contributed by atoms with E-state index in [1.807, 2.05) is 6.92 Å². The molecule has 4 atom stereocenters. The van der Waals surface area contributed by atoms with Crippen LogP contribution in [-0.2, 0) is 4.79 Å². The Morgan fingerprint density at radius 2 is 0.912 bits per heavy atom. The van der Waals surface area contributed by atoms with E-state index in [0.717, 1.165) is 57.8 Å². The number of aliphatic hydroxyl groups is 3. The van der Waals surface area contributed by atoms with Crippen molar-refractivity contribution in [3.8, 4) is 0 Å². The van der Waals surface area contributed by atoms with Crippen LogP contribution in [0.3, 0.4) is 0 Å². The average molecular weight is 487 g/mol. The van der Waals surface area contributed by atoms with Gasteiger partial charge >= 0.3 is 0 Å². The van der Waals surface area contributed by atoms with Crippen LogP contribution in [0.15, 0.2) is 0 Å². The van der Waals surface area contributed by atoms with Gasteiger partial charge in [0, 0.05) is 18.9 Å². The molecule has 0 aromatic carbocycles. The second kappa shape index (κ2) is 24.2. The Bertz CT molecular complexity index is 448. The molecule has 6 nitrogen and oxygen atoms in total. The van der Waals surface area contributed by atoms with Crippen molar-refractivity contribution in [3.63, 3.8) is 0 Å². The molecule has 0 fully saturated rings. The van der Waals surface area contributed by atoms with Gasteiger partial charge in [0.25, 0.3) is 0 Å². The number of Topliss-reactive ketones (excluding diaryl/α,β-unsaturated/α-hetero) is 1. The smallest absolute Gasteiger partial charge is 0.132 e. The first-order valence-corrected chi connectivity index (χ1v) is 14.4. The van der Waals surface area contributed by atoms with Crippen LogP contribution in [0.4, 0.5) is 0 Å². The summed E-state index contributed by atoms with van der Waals surface area (Å²) in [6.45, 7) is 1.69. The second-order valence-electron chi connectivity index (χ2n) is 10.5. The highest BCUT2D eigenvalue weighted by molar-refractivity contribution is 5.78. The van der Waals surface area contributed by atoms with Gasteiger partial charge < -0.3 is 26.8 Å². The van der Waals surface area contributed by atoms with E-state index in [-0.39, 0.29) is 18.8 Å². The molecule has 0 aliphatic carbocycles. The molecule has 0 aliphatic rings. The zero-order chi connectivity index (χ0) is 25.4. The van der Waals surface area contributed by atoms with Gasteiger partial charge in [-0.2, -0.15) is 0 Å². The van der Waals surface area contributed by atoms with Gasteiger partial charge in [-0.25, -0.2) is 0 Å². The van der Waals surface area contributed by atoms with Crippen LogP contribution in [-0.4, -0.2) is 52.0 Å². The fourth-order valence-corrected chi connectivity index (χ4v) is 4.37. The summed E-state index contributed by atoms with van der Waals surface area (Å²) in [4.78, 5) is 12.0. The zero-order valence-corrected chi connectivity index (χ0v) is 22.3. The molecule has 0 aromatic heterocycles. The van der Waals surface area contributed by atoms with E-state index in [1.165, 1.54) is 64.2 Å². The minimum absolute atomic E-state index is 0.112. The summed E-state index contributed by atoms with van der Waals surface area (Å²) < 4.78 is 0. The summed E-state index contributed by atoms with van der Waals surface area (Å²) in [5.74, 6) is 0.413. The molecule has 0 radical (unpaired) electrons. The summed E-state index contributed by atoms with van der Waals surface area (Å²) in [7, 11) is 0. The van der Waals surface area contributed by atoms with Crippen molar-refractivity contribution in [1.82, 2.24) is 0 Å². The number of unbranched alkanes of at least 4 members (excludes halogenated alkanes) is 15. The summed E-state index contributed by atoms with van der Waals surface area (Å²) in [5.41, 5.74) is 11.3. The van der Waals surface area contributed by atoms with E-state index in [4.69, 9.17) is 16.6 Å². The molecule has 7 N–H and O–H groups in total. The van der Waals surface area contributed by atoms with E-state index in [9.17, 15) is 15.0 Å². The number of aliphatic hydroxyl groups excluding tert-OH is 3. The largest absolute Gasteiger partial charge is 0.395 e. The maximum Gasteiger partial charge on any atom is 0.132 e. The highest BCUT2D eigenvalue weighted by Gasteiger charge is 2.12. The quantitative estimate of drug-likeness (QED) is 0.108. The van der Waals surface area contributed by atoms with Crippen molar-refractivity contribution < 1.29 is 20.1 Å². The zero-order valence-electron chi connectivity index (χ0n) is 22.3. The maximum absolute atomic E-state index is 12.0. The summed E-state index contributed by atoms with van der Waals surface area (Å²) in [6.07, 6.45) is 22.0. The maximum atomic E-state index is 12.0. The molecule has 0 saturated heterocycles. The molecular formula is C28H58N2O4. The third-order valence-corrected chi connectivity index (χ3v) is 6.97. The van der Waals surface area contributed by atoms with Crippen LogP contribution in [0, 0.1) is 0 Å². The first-order valence-electron chi connectivity index (χ1n) is 14.4. The van der Waals surface area contributed by atoms with Gasteiger partial charge in [-0.3, -0.25) is 4.79 Å². The van der Waals surface area contributed by atoms with Crippen molar-refractivity contribution in [1.29, 1.82) is 0 Å². The van der Waals surface area contributed by atoms with Crippen LogP contribution in [0.1, 0.15) is 142 Å². The average Bonchev–Trinajstić information content (AvgIpc) is 2.82. The number of rotatable bonds is 26. The molecule has 0 bridgehead atoms. The Balaban J connectivity index is 3.26. The minimum atomic E-state index is -0.611. The lowest BCUT2D eigenvalue weighted by Crippen LogP contribution is -2.37. The predicted molar refractivity (Wildman–Crippen MR) is 143 cm³/mol. The van der Waals surface area contributed by atoms with Crippen molar-refractivity contribution in [2.24, 2.45) is 11.5 Å². The highest BCUT2D eigenvalue weighted by atomic mass is 16.3. The van der Waals surface area contributed by atoms with E-state index in [0.29, 0.717) is 18.6 Å². The molecule has 0 saturated carbocycles. The first-order chi connectivity index (χ1) is 16.4. The lowest BCUT2D eigenvalue weighted by atomic mass is 10.0. The lowest BCUT2D eigenvalue weighted by Gasteiger charge is -2.15. The molecule has 0 unspecified atom stereocenters. The Kier molecular flexibility index (Phi) is 23.8. The van der Waals surface area contributed by atoms with Crippen LogP contribution in [0.5, 0.6) is 0 Å². The van der Waals surface area contributed by atoms with Gasteiger partial charge in [-0.05, 0) is 32.6 Å². The molecule has 34 heavy (non-hydrogen) atoms. The molecule has 0 aromatic rings. The minimum Gasteiger partial charge on any atom is -0.395 e. The fraction of sp³-hybridized carbons (Fsp3) is 0.964. The van der Waals surface area contributed by atoms with Gasteiger partial charge in [-0.1, -0.05) is 96.3 Å². The van der Waals surface area contributed by atoms with Gasteiger partial charge in [0.2, 0.25) is 0 Å². The predicted octanol–water partition coefficient (Wildman–Crippen LogP) is 5.14. The second-order valence-corrected chi connectivity index (χ2v) is 10.5. The number of carbonyl (C=O) groups is 1. The topological polar surface area (TPSA) is 130 Å². The van der Waals surface area contributed by atoms with Crippen molar-refractivity contribution in [3.05, 3.63) is 0 Å². The standard InChI is InChI=1S/C28H58N2O4/c1-24(29)27(33)21-17-13-9-7-5-3-2-4-6-8-11-15-19-25(32)20-16-12-10-14-18-22-28(34)26(30)23-31/h24,26-28,31,33-34H,2-23,29-30H2,1H3/t24-,26+,27-,28-/m1/s1. The summed E-state index contributed by atoms with van der Waals surface area (Å²) in [5, 5.41) is 28.3. The van der Waals surface area contributed by atoms with E-state index in [1.54, 1.807) is 0 Å². The summed E-state index contributed by atoms with van der Waals surface area (Å²) in [6, 6.07) is -0.643. The molecule has 0 spiro atoms. The number of hydrogen-bond acceptors (Lipinski definition) is 6. The number of hydrogen-bond donors (Lipinski definition) is 5. The van der Waals surface area contributed by atoms with E-state index in [2.05, 4.69) is 0 Å². The van der Waals surface area contributed by atoms with Gasteiger partial charge in [0.15, 0.2) is 0 Å². The van der Waals surface area contributed by atoms with Gasteiger partial charge in [0.05, 0.1) is 24.9 Å². The molecule has 6 heteroatoms. The number of ketones is 1. The van der Waals surface area contributed by atoms with Crippen LogP contribution in [0.25, 0.3) is 0 Å². The summed E-state index contributed by atoms with van der Waals surface area (Å²) >= 11 is 0. The Morgan fingerprint density at radius 1 is 0.588 bits per heavy atom. The van der Waals surface area contributed by atoms with Gasteiger partial charge in [0.1, 0.15) is 5.78 Å². The van der Waals surface area contributed by atoms with E-state index >= 15 is 0 Å². The number of nitrogens with two attached hydrogens (primary N) is 2. The normalized spacial score (nSPS) is 15.2. The molecule has 204 valence electrons. The van der Waals surface area contributed by atoms with Crippen LogP contribution in [0.2, 0.25) is 0 Å². The Labute approximate surface area is 210 Å². The third-order valence-electron chi connectivity index (χ3n) is 6.97. The van der Waals surface area contributed by atoms with Crippen molar-refractivity contribution >= 4 is 5.78 Å². The number of carbonyl (C=O) groups excluding carboxylic acids is 1. The monoisotopic (exact) mass is 486 g/mol. The van der Waals surface area contributed by atoms with Crippen LogP contribution >= 0.6 is 0 Å². The van der Waals surface area contributed by atoms with Crippen molar-refractivity contribution in [2.45, 2.75) is 166 Å².